The quantitative estimate of drug-likeness (QED) is 0.687. The number of nitro groups is 1. The minimum Gasteiger partial charge on any atom is -0.319 e. The van der Waals surface area contributed by atoms with Crippen LogP contribution in [0.25, 0.3) is 0 Å². The second kappa shape index (κ2) is 6.02. The number of non-ortho nitro benzene ring substituents is 1. The SMILES string of the molecule is O=C(Nc1ccncc1F)c1cc([N+](=O)[O-])cc(Cl)c1Cl. The number of carbonyl (C=O) groups is 1. The number of rotatable bonds is 3. The topological polar surface area (TPSA) is 85.1 Å². The van der Waals surface area contributed by atoms with Gasteiger partial charge in [0.25, 0.3) is 11.6 Å². The Bertz CT molecular complexity index is 740. The molecule has 0 aliphatic heterocycles. The maximum atomic E-state index is 13.4. The molecule has 2 rings (SSSR count). The van der Waals surface area contributed by atoms with E-state index in [1.165, 1.54) is 12.3 Å². The van der Waals surface area contributed by atoms with Gasteiger partial charge in [0.1, 0.15) is 0 Å². The summed E-state index contributed by atoms with van der Waals surface area (Å²) in [4.78, 5) is 25.6. The Labute approximate surface area is 127 Å². The number of carbonyl (C=O) groups excluding carboxylic acids is 1. The minimum absolute atomic E-state index is 0.131. The van der Waals surface area contributed by atoms with Crippen LogP contribution in [0.15, 0.2) is 30.6 Å². The van der Waals surface area contributed by atoms with Gasteiger partial charge in [0.2, 0.25) is 0 Å². The number of pyridine rings is 1. The molecular weight excluding hydrogens is 324 g/mol. The van der Waals surface area contributed by atoms with E-state index in [1.54, 1.807) is 0 Å². The van der Waals surface area contributed by atoms with Crippen LogP contribution in [-0.4, -0.2) is 15.8 Å². The van der Waals surface area contributed by atoms with E-state index in [1.807, 2.05) is 0 Å². The maximum absolute atomic E-state index is 13.4. The van der Waals surface area contributed by atoms with Gasteiger partial charge < -0.3 is 5.32 Å². The Morgan fingerprint density at radius 2 is 2.10 bits per heavy atom. The van der Waals surface area contributed by atoms with Gasteiger partial charge in [0.05, 0.1) is 32.4 Å². The standard InChI is InChI=1S/C12H6Cl2FN3O3/c13-8-4-6(18(20)21)3-7(11(8)14)12(19)17-10-1-2-16-5-9(10)15/h1-5H,(H,16,17,19). The summed E-state index contributed by atoms with van der Waals surface area (Å²) in [5.41, 5.74) is -0.759. The molecule has 1 amide bonds. The largest absolute Gasteiger partial charge is 0.319 e. The van der Waals surface area contributed by atoms with Gasteiger partial charge in [-0.3, -0.25) is 19.9 Å². The maximum Gasteiger partial charge on any atom is 0.271 e. The zero-order valence-corrected chi connectivity index (χ0v) is 11.7. The van der Waals surface area contributed by atoms with Gasteiger partial charge >= 0.3 is 0 Å². The average molecular weight is 330 g/mol. The van der Waals surface area contributed by atoms with E-state index in [0.29, 0.717) is 0 Å². The average Bonchev–Trinajstić information content (AvgIpc) is 2.43. The first-order valence-corrected chi connectivity index (χ1v) is 6.20. The molecule has 9 heteroatoms. The number of halogens is 3. The van der Waals surface area contributed by atoms with Crippen LogP contribution in [-0.2, 0) is 0 Å². The Morgan fingerprint density at radius 1 is 1.38 bits per heavy atom. The van der Waals surface area contributed by atoms with Crippen LogP contribution in [0.5, 0.6) is 0 Å². The summed E-state index contributed by atoms with van der Waals surface area (Å²) in [7, 11) is 0. The summed E-state index contributed by atoms with van der Waals surface area (Å²) in [6.07, 6.45) is 2.19. The number of nitro benzene ring substituents is 1. The van der Waals surface area contributed by atoms with Crippen molar-refractivity contribution in [2.24, 2.45) is 0 Å². The Morgan fingerprint density at radius 3 is 2.71 bits per heavy atom. The van der Waals surface area contributed by atoms with Crippen LogP contribution in [0.2, 0.25) is 10.0 Å². The molecule has 0 saturated heterocycles. The van der Waals surface area contributed by atoms with Gasteiger partial charge in [0.15, 0.2) is 5.82 Å². The Kier molecular flexibility index (Phi) is 4.35. The monoisotopic (exact) mass is 329 g/mol. The zero-order valence-electron chi connectivity index (χ0n) is 10.1. The highest BCUT2D eigenvalue weighted by atomic mass is 35.5. The molecule has 2 aromatic rings. The number of nitrogens with zero attached hydrogens (tertiary/aromatic N) is 2. The van der Waals surface area contributed by atoms with Gasteiger partial charge in [-0.2, -0.15) is 0 Å². The van der Waals surface area contributed by atoms with Crippen molar-refractivity contribution in [2.75, 3.05) is 5.32 Å². The fraction of sp³-hybridized carbons (Fsp3) is 0. The normalized spacial score (nSPS) is 10.2. The van der Waals surface area contributed by atoms with Crippen LogP contribution in [0.3, 0.4) is 0 Å². The molecule has 0 aliphatic rings. The van der Waals surface area contributed by atoms with Crippen molar-refractivity contribution in [1.29, 1.82) is 0 Å². The summed E-state index contributed by atoms with van der Waals surface area (Å²) in [6, 6.07) is 3.22. The summed E-state index contributed by atoms with van der Waals surface area (Å²) < 4.78 is 13.4. The fourth-order valence-electron chi connectivity index (χ4n) is 1.51. The molecule has 0 atom stereocenters. The molecule has 108 valence electrons. The Balaban J connectivity index is 2.39. The van der Waals surface area contributed by atoms with E-state index in [2.05, 4.69) is 10.3 Å². The second-order valence-electron chi connectivity index (χ2n) is 3.86. The van der Waals surface area contributed by atoms with Gasteiger partial charge in [0, 0.05) is 18.3 Å². The van der Waals surface area contributed by atoms with Crippen molar-refractivity contribution in [2.45, 2.75) is 0 Å². The molecule has 0 radical (unpaired) electrons. The predicted octanol–water partition coefficient (Wildman–Crippen LogP) is 3.69. The number of hydrogen-bond donors (Lipinski definition) is 1. The van der Waals surface area contributed by atoms with E-state index in [0.717, 1.165) is 18.3 Å². The molecule has 1 heterocycles. The highest BCUT2D eigenvalue weighted by Crippen LogP contribution is 2.31. The van der Waals surface area contributed by atoms with Crippen molar-refractivity contribution in [3.63, 3.8) is 0 Å². The van der Waals surface area contributed by atoms with Crippen molar-refractivity contribution in [1.82, 2.24) is 4.98 Å². The number of aromatic nitrogens is 1. The molecule has 21 heavy (non-hydrogen) atoms. The summed E-state index contributed by atoms with van der Waals surface area (Å²) >= 11 is 11.6. The first-order chi connectivity index (χ1) is 9.90. The number of hydrogen-bond acceptors (Lipinski definition) is 4. The molecular formula is C12H6Cl2FN3O3. The van der Waals surface area contributed by atoms with Crippen LogP contribution in [0.1, 0.15) is 10.4 Å². The highest BCUT2D eigenvalue weighted by Gasteiger charge is 2.20. The number of benzene rings is 1. The van der Waals surface area contributed by atoms with Crippen LogP contribution in [0.4, 0.5) is 15.8 Å². The minimum atomic E-state index is -0.823. The summed E-state index contributed by atoms with van der Waals surface area (Å²) in [6.45, 7) is 0. The van der Waals surface area contributed by atoms with E-state index in [9.17, 15) is 19.3 Å². The molecule has 0 spiro atoms. The third-order valence-corrected chi connectivity index (χ3v) is 3.29. The lowest BCUT2D eigenvalue weighted by Crippen LogP contribution is -2.14. The molecule has 6 nitrogen and oxygen atoms in total. The zero-order chi connectivity index (χ0) is 15.6. The molecule has 1 N–H and O–H groups in total. The first kappa shape index (κ1) is 15.1. The molecule has 0 unspecified atom stereocenters. The molecule has 1 aromatic heterocycles. The summed E-state index contributed by atoms with van der Waals surface area (Å²) in [5.74, 6) is -1.57. The lowest BCUT2D eigenvalue weighted by Gasteiger charge is -2.08. The first-order valence-electron chi connectivity index (χ1n) is 5.44. The second-order valence-corrected chi connectivity index (χ2v) is 4.64. The lowest BCUT2D eigenvalue weighted by atomic mass is 10.2. The third-order valence-electron chi connectivity index (χ3n) is 2.49. The van der Waals surface area contributed by atoms with Crippen LogP contribution in [0, 0.1) is 15.9 Å². The van der Waals surface area contributed by atoms with Crippen molar-refractivity contribution in [3.05, 3.63) is 62.1 Å². The highest BCUT2D eigenvalue weighted by molar-refractivity contribution is 6.44. The van der Waals surface area contributed by atoms with Gasteiger partial charge in [-0.1, -0.05) is 23.2 Å². The number of amides is 1. The Hall–Kier alpha value is -2.25. The molecule has 0 aliphatic carbocycles. The number of anilines is 1. The van der Waals surface area contributed by atoms with Gasteiger partial charge in [-0.05, 0) is 6.07 Å². The fourth-order valence-corrected chi connectivity index (χ4v) is 1.92. The van der Waals surface area contributed by atoms with E-state index >= 15 is 0 Å². The van der Waals surface area contributed by atoms with Crippen molar-refractivity contribution < 1.29 is 14.1 Å². The van der Waals surface area contributed by atoms with Crippen LogP contribution >= 0.6 is 23.2 Å². The lowest BCUT2D eigenvalue weighted by molar-refractivity contribution is -0.384. The smallest absolute Gasteiger partial charge is 0.271 e. The third kappa shape index (κ3) is 3.26. The van der Waals surface area contributed by atoms with E-state index < -0.39 is 22.3 Å². The van der Waals surface area contributed by atoms with Gasteiger partial charge in [-0.25, -0.2) is 4.39 Å². The molecule has 0 saturated carbocycles. The molecule has 0 bridgehead atoms. The predicted molar refractivity (Wildman–Crippen MR) is 75.3 cm³/mol. The molecule has 1 aromatic carbocycles. The molecule has 0 fully saturated rings. The van der Waals surface area contributed by atoms with E-state index in [4.69, 9.17) is 23.2 Å². The number of nitrogens with one attached hydrogen (secondary N) is 1. The van der Waals surface area contributed by atoms with Crippen LogP contribution < -0.4 is 5.32 Å². The van der Waals surface area contributed by atoms with E-state index in [-0.39, 0.29) is 21.3 Å². The van der Waals surface area contributed by atoms with Crippen molar-refractivity contribution >= 4 is 40.5 Å². The van der Waals surface area contributed by atoms with Gasteiger partial charge in [-0.15, -0.1) is 0 Å². The summed E-state index contributed by atoms with van der Waals surface area (Å²) in [5, 5.41) is 12.7. The van der Waals surface area contributed by atoms with Crippen molar-refractivity contribution in [3.8, 4) is 0 Å².